The third-order valence-electron chi connectivity index (χ3n) is 8.62. The molecule has 3 aromatic rings. The van der Waals surface area contributed by atoms with Crippen LogP contribution in [0.25, 0.3) is 22.3 Å². The number of allylic oxidation sites excluding steroid dienone is 1. The van der Waals surface area contributed by atoms with Crippen LogP contribution in [0.1, 0.15) is 49.3 Å². The maximum absolute atomic E-state index is 13.7. The second-order valence-electron chi connectivity index (χ2n) is 11.8. The molecule has 0 fully saturated rings. The molecule has 6 rings (SSSR count). The summed E-state index contributed by atoms with van der Waals surface area (Å²) in [4.78, 5) is 55.5. The number of pyridine rings is 2. The third-order valence-corrected chi connectivity index (χ3v) is 8.62. The predicted octanol–water partition coefficient (Wildman–Crippen LogP) is 2.10. The molecule has 1 unspecified atom stereocenters. The van der Waals surface area contributed by atoms with Gasteiger partial charge in [-0.3, -0.25) is 14.6 Å². The van der Waals surface area contributed by atoms with Gasteiger partial charge in [0.05, 0.1) is 68.6 Å². The van der Waals surface area contributed by atoms with Crippen molar-refractivity contribution < 1.29 is 43.2 Å². The molecule has 3 N–H and O–H groups in total. The average Bonchev–Trinajstić information content (AvgIpc) is 3.70. The van der Waals surface area contributed by atoms with E-state index in [1.807, 2.05) is 41.5 Å². The molecular weight excluding hydrogens is 638 g/mol. The van der Waals surface area contributed by atoms with Gasteiger partial charge in [0.15, 0.2) is 0 Å². The van der Waals surface area contributed by atoms with Crippen molar-refractivity contribution in [3.63, 3.8) is 0 Å². The van der Waals surface area contributed by atoms with Crippen LogP contribution in [-0.4, -0.2) is 83.8 Å². The molecule has 0 bridgehead atoms. The Morgan fingerprint density at radius 3 is 2.63 bits per heavy atom. The highest BCUT2D eigenvalue weighted by molar-refractivity contribution is 5.88. The van der Waals surface area contributed by atoms with Gasteiger partial charge in [0, 0.05) is 34.8 Å². The largest absolute Gasteiger partial charge is 0.480 e. The van der Waals surface area contributed by atoms with Crippen molar-refractivity contribution in [2.45, 2.75) is 51.4 Å². The molecule has 3 aliphatic heterocycles. The highest BCUT2D eigenvalue weighted by Crippen LogP contribution is 2.41. The van der Waals surface area contributed by atoms with E-state index in [2.05, 4.69) is 11.0 Å². The first-order valence-corrected chi connectivity index (χ1v) is 16.3. The summed E-state index contributed by atoms with van der Waals surface area (Å²) < 4.78 is 28.8. The minimum absolute atomic E-state index is 0.0497. The number of aliphatic carboxylic acids is 1. The Morgan fingerprint density at radius 2 is 1.84 bits per heavy atom. The van der Waals surface area contributed by atoms with Gasteiger partial charge in [0.1, 0.15) is 13.2 Å². The molecule has 15 nitrogen and oxygen atoms in total. The number of cyclic esters (lactones) is 1. The number of fused-ring (bicyclic) bond motifs is 5. The van der Waals surface area contributed by atoms with E-state index in [0.29, 0.717) is 68.3 Å². The fourth-order valence-electron chi connectivity index (χ4n) is 6.16. The number of carbonyl (C=O) groups is 3. The fraction of sp³-hybridized carbons (Fsp3) is 0.441. The first kappa shape index (κ1) is 34.0. The number of hydrazine groups is 2. The Hall–Kier alpha value is -4.83. The number of carboxylic acid groups (broad SMARTS) is 1. The van der Waals surface area contributed by atoms with E-state index in [1.165, 1.54) is 0 Å². The normalized spacial score (nSPS) is 17.6. The topological polar surface area (TPSA) is 180 Å². The highest BCUT2D eigenvalue weighted by atomic mass is 16.6. The molecule has 15 heteroatoms. The lowest BCUT2D eigenvalue weighted by Crippen LogP contribution is -2.47. The molecule has 0 saturated carbocycles. The van der Waals surface area contributed by atoms with Crippen molar-refractivity contribution in [2.24, 2.45) is 0 Å². The number of rotatable bonds is 17. The molecular formula is C34H39N5O10. The second kappa shape index (κ2) is 15.2. The summed E-state index contributed by atoms with van der Waals surface area (Å²) in [5.41, 5.74) is 8.57. The molecule has 49 heavy (non-hydrogen) atoms. The van der Waals surface area contributed by atoms with Gasteiger partial charge >= 0.3 is 17.9 Å². The summed E-state index contributed by atoms with van der Waals surface area (Å²) in [5.74, 6) is -2.28. The Morgan fingerprint density at radius 1 is 1.06 bits per heavy atom. The van der Waals surface area contributed by atoms with Crippen LogP contribution in [0.15, 0.2) is 53.1 Å². The monoisotopic (exact) mass is 677 g/mol. The molecule has 3 aliphatic rings. The number of hydrogen-bond donors (Lipinski definition) is 3. The van der Waals surface area contributed by atoms with Gasteiger partial charge in [-0.2, -0.15) is 0 Å². The van der Waals surface area contributed by atoms with Gasteiger partial charge in [0.25, 0.3) is 5.56 Å². The predicted molar refractivity (Wildman–Crippen MR) is 173 cm³/mol. The number of hydrogen-bond acceptors (Lipinski definition) is 13. The standard InChI is InChI=1S/C34H39N5O10/c1-2-34(49-30(42)9-5-7-24-19-38(37-36-24)10-11-45-12-13-46-14-15-47-21-29(40)41)26-17-28-31-23(16-22-6-3-4-8-27(22)35-31)18-39(28)32(43)25(26)20-48-33(34)44/h3-4,6,8,16-17,19,36-37H,2,5,7,9-15,18,20-21H2,1H3,(H,40,41). The SMILES string of the molecule is CCC1(OC(=O)CCCC2=CN(CCOCCOCCOCC(=O)O)NN2)C(=O)OCc2c1cc1n(c2=O)Cc2cc3ccccc3nc2-1. The maximum Gasteiger partial charge on any atom is 0.355 e. The van der Waals surface area contributed by atoms with Crippen LogP contribution in [0.4, 0.5) is 0 Å². The van der Waals surface area contributed by atoms with Gasteiger partial charge in [-0.25, -0.2) is 14.6 Å². The zero-order valence-corrected chi connectivity index (χ0v) is 27.2. The lowest BCUT2D eigenvalue weighted by atomic mass is 9.85. The Labute approximate surface area is 281 Å². The smallest absolute Gasteiger partial charge is 0.355 e. The summed E-state index contributed by atoms with van der Waals surface area (Å²) in [6, 6.07) is 11.5. The van der Waals surface area contributed by atoms with Gasteiger partial charge in [-0.05, 0) is 37.5 Å². The third kappa shape index (κ3) is 7.44. The second-order valence-corrected chi connectivity index (χ2v) is 11.8. The van der Waals surface area contributed by atoms with E-state index in [4.69, 9.17) is 33.8 Å². The van der Waals surface area contributed by atoms with Gasteiger partial charge in [-0.1, -0.05) is 25.1 Å². The summed E-state index contributed by atoms with van der Waals surface area (Å²) in [7, 11) is 0. The summed E-state index contributed by atoms with van der Waals surface area (Å²) in [6.07, 6.45) is 3.04. The number of aromatic nitrogens is 2. The highest BCUT2D eigenvalue weighted by Gasteiger charge is 2.50. The van der Waals surface area contributed by atoms with E-state index < -0.39 is 23.5 Å². The molecule has 0 amide bonds. The number of carboxylic acids is 1. The number of carbonyl (C=O) groups excluding carboxylic acids is 2. The van der Waals surface area contributed by atoms with Crippen LogP contribution < -0.4 is 16.5 Å². The number of nitrogens with zero attached hydrogens (tertiary/aromatic N) is 3. The quantitative estimate of drug-likeness (QED) is 0.109. The Kier molecular flexibility index (Phi) is 10.5. The van der Waals surface area contributed by atoms with Crippen molar-refractivity contribution in [3.05, 3.63) is 75.3 Å². The van der Waals surface area contributed by atoms with E-state index >= 15 is 0 Å². The Bertz CT molecular complexity index is 1820. The van der Waals surface area contributed by atoms with E-state index in [9.17, 15) is 19.2 Å². The van der Waals surface area contributed by atoms with E-state index in [0.717, 1.165) is 22.2 Å². The minimum Gasteiger partial charge on any atom is -0.480 e. The number of esters is 2. The maximum atomic E-state index is 13.7. The van der Waals surface area contributed by atoms with Crippen molar-refractivity contribution in [2.75, 3.05) is 46.2 Å². The van der Waals surface area contributed by atoms with Crippen molar-refractivity contribution >= 4 is 28.8 Å². The van der Waals surface area contributed by atoms with Gasteiger partial charge < -0.3 is 38.8 Å². The number of benzene rings is 1. The Balaban J connectivity index is 1.02. The zero-order chi connectivity index (χ0) is 34.4. The first-order chi connectivity index (χ1) is 23.8. The molecule has 1 aromatic carbocycles. The van der Waals surface area contributed by atoms with Crippen LogP contribution in [0.5, 0.6) is 0 Å². The van der Waals surface area contributed by atoms with Crippen molar-refractivity contribution in [1.82, 2.24) is 25.5 Å². The first-order valence-electron chi connectivity index (χ1n) is 16.3. The molecule has 0 radical (unpaired) electrons. The van der Waals surface area contributed by atoms with Crippen molar-refractivity contribution in [3.8, 4) is 11.4 Å². The lowest BCUT2D eigenvalue weighted by Gasteiger charge is -2.35. The minimum atomic E-state index is -1.73. The molecule has 0 saturated heterocycles. The van der Waals surface area contributed by atoms with Crippen LogP contribution >= 0.6 is 0 Å². The van der Waals surface area contributed by atoms with Crippen LogP contribution in [0.3, 0.4) is 0 Å². The van der Waals surface area contributed by atoms with Crippen LogP contribution in [-0.2, 0) is 56.8 Å². The lowest BCUT2D eigenvalue weighted by molar-refractivity contribution is -0.189. The number of nitrogens with one attached hydrogen (secondary N) is 2. The summed E-state index contributed by atoms with van der Waals surface area (Å²) in [5, 5.41) is 11.3. The fourth-order valence-corrected chi connectivity index (χ4v) is 6.16. The van der Waals surface area contributed by atoms with Gasteiger partial charge in [0.2, 0.25) is 5.60 Å². The number of para-hydroxylation sites is 1. The molecule has 5 heterocycles. The molecule has 260 valence electrons. The summed E-state index contributed by atoms with van der Waals surface area (Å²) in [6.45, 7) is 3.79. The molecule has 1 atom stereocenters. The molecule has 0 aliphatic carbocycles. The van der Waals surface area contributed by atoms with Crippen LogP contribution in [0, 0.1) is 0 Å². The van der Waals surface area contributed by atoms with Crippen molar-refractivity contribution in [1.29, 1.82) is 0 Å². The van der Waals surface area contributed by atoms with E-state index in [1.54, 1.807) is 17.6 Å². The average molecular weight is 678 g/mol. The number of ether oxygens (including phenoxy) is 5. The van der Waals surface area contributed by atoms with E-state index in [-0.39, 0.29) is 44.8 Å². The molecule has 0 spiro atoms. The van der Waals surface area contributed by atoms with Gasteiger partial charge in [-0.15, -0.1) is 5.53 Å². The molecule has 2 aromatic heterocycles. The summed E-state index contributed by atoms with van der Waals surface area (Å²) >= 11 is 0. The van der Waals surface area contributed by atoms with Crippen LogP contribution in [0.2, 0.25) is 0 Å². The zero-order valence-electron chi connectivity index (χ0n) is 27.2.